The van der Waals surface area contributed by atoms with E-state index in [-0.39, 0.29) is 5.41 Å². The number of ether oxygens (including phenoxy) is 1. The Morgan fingerprint density at radius 1 is 1.50 bits per heavy atom. The molecule has 0 unspecified atom stereocenters. The predicted molar refractivity (Wildman–Crippen MR) is 46.9 cm³/mol. The Labute approximate surface area is 73.1 Å². The summed E-state index contributed by atoms with van der Waals surface area (Å²) >= 11 is 0. The minimum absolute atomic E-state index is 0.0332. The quantitative estimate of drug-likeness (QED) is 0.557. The smallest absolute Gasteiger partial charge is 0.291 e. The molecule has 0 aromatic carbocycles. The van der Waals surface area contributed by atoms with Crippen molar-refractivity contribution in [2.45, 2.75) is 27.2 Å². The van der Waals surface area contributed by atoms with E-state index in [9.17, 15) is 0 Å². The highest BCUT2D eigenvalue weighted by Gasteiger charge is 2.27. The molecule has 1 aliphatic carbocycles. The van der Waals surface area contributed by atoms with Crippen LogP contribution >= 0.6 is 0 Å². The Bertz CT molecular complexity index is 279. The lowest BCUT2D eigenvalue weighted by atomic mass is 9.81. The van der Waals surface area contributed by atoms with E-state index in [0.29, 0.717) is 0 Å². The normalized spacial score (nSPS) is 20.5. The topological polar surface area (TPSA) is 33.0 Å². The van der Waals surface area contributed by atoms with Gasteiger partial charge in [0.15, 0.2) is 0 Å². The molecule has 12 heavy (non-hydrogen) atoms. The molecule has 0 saturated heterocycles. The molecule has 0 radical (unpaired) electrons. The second kappa shape index (κ2) is 3.02. The third kappa shape index (κ3) is 1.68. The first kappa shape index (κ1) is 8.86. The third-order valence-electron chi connectivity index (χ3n) is 2.06. The lowest BCUT2D eigenvalue weighted by Gasteiger charge is -2.28. The van der Waals surface area contributed by atoms with Crippen LogP contribution in [0.4, 0.5) is 0 Å². The summed E-state index contributed by atoms with van der Waals surface area (Å²) in [7, 11) is 0. The summed E-state index contributed by atoms with van der Waals surface area (Å²) in [5, 5.41) is 8.38. The van der Waals surface area contributed by atoms with Crippen LogP contribution in [0.3, 0.4) is 0 Å². The van der Waals surface area contributed by atoms with Gasteiger partial charge in [-0.2, -0.15) is 0 Å². The van der Waals surface area contributed by atoms with Gasteiger partial charge in [0.25, 0.3) is 6.26 Å². The standard InChI is InChI=1S/C10H13NO/c1-8-4-5-9(12-7-11)10(2,3)6-8/h4-5H,6H2,1-3H3. The van der Waals surface area contributed by atoms with Crippen LogP contribution < -0.4 is 0 Å². The predicted octanol–water partition coefficient (Wildman–Crippen LogP) is 2.74. The van der Waals surface area contributed by atoms with Crippen LogP contribution in [0.5, 0.6) is 0 Å². The van der Waals surface area contributed by atoms with E-state index in [4.69, 9.17) is 10.00 Å². The second-order valence-corrected chi connectivity index (χ2v) is 3.80. The van der Waals surface area contributed by atoms with Gasteiger partial charge < -0.3 is 4.74 Å². The first-order valence-electron chi connectivity index (χ1n) is 4.00. The molecule has 1 rings (SSSR count). The molecule has 0 aliphatic heterocycles. The van der Waals surface area contributed by atoms with Crippen molar-refractivity contribution in [3.63, 3.8) is 0 Å². The van der Waals surface area contributed by atoms with Crippen molar-refractivity contribution in [3.8, 4) is 6.26 Å². The number of rotatable bonds is 1. The Balaban J connectivity index is 2.89. The van der Waals surface area contributed by atoms with Crippen LogP contribution in [0.15, 0.2) is 23.5 Å². The van der Waals surface area contributed by atoms with E-state index < -0.39 is 0 Å². The SMILES string of the molecule is CC1=CC=C(OC#N)C(C)(C)C1. The lowest BCUT2D eigenvalue weighted by molar-refractivity contribution is 0.239. The molecule has 2 heteroatoms. The first-order chi connectivity index (χ1) is 5.56. The van der Waals surface area contributed by atoms with E-state index in [1.165, 1.54) is 5.57 Å². The maximum atomic E-state index is 8.38. The maximum Gasteiger partial charge on any atom is 0.291 e. The number of nitriles is 1. The lowest BCUT2D eigenvalue weighted by Crippen LogP contribution is -2.18. The first-order valence-corrected chi connectivity index (χ1v) is 4.00. The molecule has 0 bridgehead atoms. The van der Waals surface area contributed by atoms with Gasteiger partial charge in [0.2, 0.25) is 0 Å². The van der Waals surface area contributed by atoms with Crippen molar-refractivity contribution in [2.75, 3.05) is 0 Å². The van der Waals surface area contributed by atoms with Gasteiger partial charge in [-0.3, -0.25) is 0 Å². The van der Waals surface area contributed by atoms with Gasteiger partial charge in [0.1, 0.15) is 5.76 Å². The van der Waals surface area contributed by atoms with Crippen LogP contribution in [0.1, 0.15) is 27.2 Å². The largest absolute Gasteiger partial charge is 0.392 e. The van der Waals surface area contributed by atoms with Crippen molar-refractivity contribution in [1.82, 2.24) is 0 Å². The summed E-state index contributed by atoms with van der Waals surface area (Å²) < 4.78 is 4.87. The van der Waals surface area contributed by atoms with Crippen LogP contribution in [-0.2, 0) is 4.74 Å². The minimum atomic E-state index is -0.0332. The average molecular weight is 163 g/mol. The molecule has 0 saturated carbocycles. The Kier molecular flexibility index (Phi) is 2.23. The van der Waals surface area contributed by atoms with Gasteiger partial charge in [-0.15, -0.1) is 5.26 Å². The molecule has 2 nitrogen and oxygen atoms in total. The van der Waals surface area contributed by atoms with Gasteiger partial charge in [0, 0.05) is 5.41 Å². The van der Waals surface area contributed by atoms with E-state index in [1.807, 2.05) is 12.2 Å². The zero-order valence-electron chi connectivity index (χ0n) is 7.72. The molecule has 0 aromatic rings. The maximum absolute atomic E-state index is 8.38. The number of allylic oxidation sites excluding steroid dienone is 4. The molecule has 0 heterocycles. The van der Waals surface area contributed by atoms with E-state index in [0.717, 1.165) is 12.2 Å². The number of hydrogen-bond donors (Lipinski definition) is 0. The molecule has 0 fully saturated rings. The van der Waals surface area contributed by atoms with Gasteiger partial charge in [-0.1, -0.05) is 25.5 Å². The number of hydrogen-bond acceptors (Lipinski definition) is 2. The van der Waals surface area contributed by atoms with E-state index in [2.05, 4.69) is 20.8 Å². The molecule has 0 spiro atoms. The van der Waals surface area contributed by atoms with Crippen molar-refractivity contribution >= 4 is 0 Å². The average Bonchev–Trinajstić information content (AvgIpc) is 1.94. The van der Waals surface area contributed by atoms with Gasteiger partial charge in [-0.25, -0.2) is 0 Å². The summed E-state index contributed by atoms with van der Waals surface area (Å²) in [6.07, 6.45) is 6.54. The summed E-state index contributed by atoms with van der Waals surface area (Å²) in [5.41, 5.74) is 1.29. The molecular formula is C10H13NO. The van der Waals surface area contributed by atoms with Crippen molar-refractivity contribution in [3.05, 3.63) is 23.5 Å². The summed E-state index contributed by atoms with van der Waals surface area (Å²) in [4.78, 5) is 0. The zero-order chi connectivity index (χ0) is 9.19. The second-order valence-electron chi connectivity index (χ2n) is 3.80. The molecular weight excluding hydrogens is 150 g/mol. The fourth-order valence-electron chi connectivity index (χ4n) is 1.51. The highest BCUT2D eigenvalue weighted by Crippen LogP contribution is 2.36. The Hall–Kier alpha value is -1.23. The summed E-state index contributed by atoms with van der Waals surface area (Å²) in [6.45, 7) is 6.24. The number of nitrogens with zero attached hydrogens (tertiary/aromatic N) is 1. The van der Waals surface area contributed by atoms with Gasteiger partial charge >= 0.3 is 0 Å². The highest BCUT2D eigenvalue weighted by molar-refractivity contribution is 5.25. The van der Waals surface area contributed by atoms with Crippen LogP contribution in [-0.4, -0.2) is 0 Å². The molecule has 0 amide bonds. The van der Waals surface area contributed by atoms with Crippen LogP contribution in [0.2, 0.25) is 0 Å². The van der Waals surface area contributed by atoms with E-state index in [1.54, 1.807) is 6.26 Å². The Morgan fingerprint density at radius 3 is 2.67 bits per heavy atom. The zero-order valence-corrected chi connectivity index (χ0v) is 7.72. The minimum Gasteiger partial charge on any atom is -0.392 e. The summed E-state index contributed by atoms with van der Waals surface area (Å²) in [6, 6.07) is 0. The molecule has 0 aromatic heterocycles. The monoisotopic (exact) mass is 163 g/mol. The van der Waals surface area contributed by atoms with Crippen LogP contribution in [0, 0.1) is 16.9 Å². The van der Waals surface area contributed by atoms with Gasteiger partial charge in [-0.05, 0) is 19.4 Å². The van der Waals surface area contributed by atoms with Crippen molar-refractivity contribution < 1.29 is 4.74 Å². The fourth-order valence-corrected chi connectivity index (χ4v) is 1.51. The van der Waals surface area contributed by atoms with E-state index >= 15 is 0 Å². The Morgan fingerprint density at radius 2 is 2.17 bits per heavy atom. The molecule has 1 aliphatic rings. The molecule has 0 atom stereocenters. The molecule has 0 N–H and O–H groups in total. The summed E-state index contributed by atoms with van der Waals surface area (Å²) in [5.74, 6) is 0.760. The van der Waals surface area contributed by atoms with Crippen molar-refractivity contribution in [2.24, 2.45) is 5.41 Å². The fraction of sp³-hybridized carbons (Fsp3) is 0.500. The van der Waals surface area contributed by atoms with Gasteiger partial charge in [0.05, 0.1) is 0 Å². The highest BCUT2D eigenvalue weighted by atomic mass is 16.5. The third-order valence-corrected chi connectivity index (χ3v) is 2.06. The van der Waals surface area contributed by atoms with Crippen molar-refractivity contribution in [1.29, 1.82) is 5.26 Å². The molecule has 64 valence electrons. The van der Waals surface area contributed by atoms with Crippen LogP contribution in [0.25, 0.3) is 0 Å².